The molecule has 0 fully saturated rings. The van der Waals surface area contributed by atoms with Crippen LogP contribution in [0.25, 0.3) is 0 Å². The van der Waals surface area contributed by atoms with Crippen LogP contribution in [-0.2, 0) is 66.1 Å². The van der Waals surface area contributed by atoms with E-state index in [2.05, 4.69) is 81.4 Å². The van der Waals surface area contributed by atoms with Crippen LogP contribution in [0.4, 0.5) is 0 Å². The fraction of sp³-hybridized carbons (Fsp3) is 0.705. The summed E-state index contributed by atoms with van der Waals surface area (Å²) in [6, 6.07) is 21.3. The van der Waals surface area contributed by atoms with Crippen LogP contribution >= 0.6 is 0 Å². The van der Waals surface area contributed by atoms with Crippen molar-refractivity contribution in [2.24, 2.45) is 0 Å². The lowest BCUT2D eigenvalue weighted by Crippen LogP contribution is -2.66. The summed E-state index contributed by atoms with van der Waals surface area (Å²) in [6.07, 6.45) is 1.22. The zero-order valence-corrected chi connectivity index (χ0v) is 37.4. The largest absolute Gasteiger partial charge is 0.463 e. The molecule has 0 aromatic heterocycles. The molecular weight excluding hydrogens is 781 g/mol. The van der Waals surface area contributed by atoms with Gasteiger partial charge in [0.05, 0.1) is 152 Å². The second kappa shape index (κ2) is 36.3. The molecule has 14 nitrogen and oxygen atoms in total. The van der Waals surface area contributed by atoms with Crippen molar-refractivity contribution < 1.29 is 66.1 Å². The lowest BCUT2D eigenvalue weighted by Gasteiger charge is -2.43. The standard InChI is InChI=1S/C44H74O14Si/c1-5-12-43(45)57-39-37-55-35-33-53-31-29-51-27-25-49-23-21-47-19-17-46-18-20-48-22-24-50-26-28-52-30-32-54-34-36-56-38-40-58-59(44(2,3)4,41-13-8-6-9-14-41)42-15-10-7-11-16-42/h6-11,13-16H,5,12,17-40H2,1-4H3. The smallest absolute Gasteiger partial charge is 0.305 e. The minimum atomic E-state index is -2.55. The van der Waals surface area contributed by atoms with Crippen molar-refractivity contribution in [3.05, 3.63) is 60.7 Å². The van der Waals surface area contributed by atoms with E-state index in [1.54, 1.807) is 0 Å². The number of carbonyl (C=O) groups excluding carboxylic acids is 1. The zero-order chi connectivity index (χ0) is 42.4. The Morgan fingerprint density at radius 3 is 0.915 bits per heavy atom. The molecule has 0 atom stereocenters. The van der Waals surface area contributed by atoms with Gasteiger partial charge in [-0.1, -0.05) is 88.4 Å². The first-order chi connectivity index (χ1) is 28.9. The summed E-state index contributed by atoms with van der Waals surface area (Å²) in [7, 11) is -2.55. The van der Waals surface area contributed by atoms with Gasteiger partial charge in [-0.05, 0) is 21.8 Å². The molecule has 0 N–H and O–H groups in total. The van der Waals surface area contributed by atoms with Gasteiger partial charge in [-0.15, -0.1) is 0 Å². The van der Waals surface area contributed by atoms with Gasteiger partial charge in [0.25, 0.3) is 8.32 Å². The van der Waals surface area contributed by atoms with Crippen molar-refractivity contribution in [3.8, 4) is 0 Å². The molecule has 0 saturated heterocycles. The van der Waals surface area contributed by atoms with Crippen LogP contribution in [0.1, 0.15) is 40.5 Å². The molecule has 59 heavy (non-hydrogen) atoms. The van der Waals surface area contributed by atoms with E-state index in [-0.39, 0.29) is 17.6 Å². The quantitative estimate of drug-likeness (QED) is 0.0540. The van der Waals surface area contributed by atoms with E-state index < -0.39 is 8.32 Å². The normalized spacial score (nSPS) is 12.0. The Morgan fingerprint density at radius 1 is 0.407 bits per heavy atom. The van der Waals surface area contributed by atoms with Crippen molar-refractivity contribution in [2.75, 3.05) is 159 Å². The first-order valence-electron chi connectivity index (χ1n) is 21.2. The van der Waals surface area contributed by atoms with E-state index in [1.165, 1.54) is 10.4 Å². The molecule has 0 amide bonds. The van der Waals surface area contributed by atoms with Crippen molar-refractivity contribution in [1.29, 1.82) is 0 Å². The molecule has 2 rings (SSSR count). The average Bonchev–Trinajstić information content (AvgIpc) is 3.23. The van der Waals surface area contributed by atoms with Crippen molar-refractivity contribution in [3.63, 3.8) is 0 Å². The number of benzene rings is 2. The first kappa shape index (κ1) is 52.8. The van der Waals surface area contributed by atoms with Crippen LogP contribution in [-0.4, -0.2) is 173 Å². The molecule has 338 valence electrons. The fourth-order valence-corrected chi connectivity index (χ4v) is 10.4. The molecule has 0 aliphatic rings. The average molecular weight is 855 g/mol. The van der Waals surface area contributed by atoms with Gasteiger partial charge in [0.2, 0.25) is 0 Å². The van der Waals surface area contributed by atoms with Crippen LogP contribution in [0.3, 0.4) is 0 Å². The molecule has 2 aromatic rings. The lowest BCUT2D eigenvalue weighted by atomic mass is 10.2. The maximum absolute atomic E-state index is 11.2. The summed E-state index contributed by atoms with van der Waals surface area (Å²) in [4.78, 5) is 11.2. The molecule has 0 aliphatic carbocycles. The third kappa shape index (κ3) is 25.9. The summed E-state index contributed by atoms with van der Waals surface area (Å²) in [5, 5.41) is 2.47. The molecule has 0 aliphatic heterocycles. The van der Waals surface area contributed by atoms with Crippen molar-refractivity contribution >= 4 is 24.7 Å². The molecule has 0 saturated carbocycles. The van der Waals surface area contributed by atoms with Crippen molar-refractivity contribution in [2.45, 2.75) is 45.6 Å². The maximum atomic E-state index is 11.2. The fourth-order valence-electron chi connectivity index (χ4n) is 5.81. The van der Waals surface area contributed by atoms with Crippen LogP contribution in [0.5, 0.6) is 0 Å². The van der Waals surface area contributed by atoms with Gasteiger partial charge in [-0.2, -0.15) is 0 Å². The Labute approximate surface area is 354 Å². The Bertz CT molecular complexity index is 1180. The number of hydrogen-bond acceptors (Lipinski definition) is 14. The van der Waals surface area contributed by atoms with Gasteiger partial charge in [-0.25, -0.2) is 0 Å². The van der Waals surface area contributed by atoms with Crippen LogP contribution < -0.4 is 10.4 Å². The molecule has 15 heteroatoms. The summed E-state index contributed by atoms with van der Waals surface area (Å²) < 4.78 is 72.8. The second-order valence-electron chi connectivity index (χ2n) is 14.2. The van der Waals surface area contributed by atoms with Gasteiger partial charge in [-0.3, -0.25) is 4.79 Å². The highest BCUT2D eigenvalue weighted by molar-refractivity contribution is 6.99. The van der Waals surface area contributed by atoms with Gasteiger partial charge in [0.1, 0.15) is 6.61 Å². The lowest BCUT2D eigenvalue weighted by molar-refractivity contribution is -0.145. The molecule has 2 aromatic carbocycles. The first-order valence-corrected chi connectivity index (χ1v) is 23.1. The maximum Gasteiger partial charge on any atom is 0.305 e. The topological polar surface area (TPSA) is 137 Å². The van der Waals surface area contributed by atoms with E-state index in [4.69, 9.17) is 61.3 Å². The highest BCUT2D eigenvalue weighted by atomic mass is 28.4. The number of ether oxygens (including phenoxy) is 12. The van der Waals surface area contributed by atoms with Gasteiger partial charge >= 0.3 is 5.97 Å². The van der Waals surface area contributed by atoms with E-state index in [9.17, 15) is 4.79 Å². The highest BCUT2D eigenvalue weighted by Gasteiger charge is 2.50. The summed E-state index contributed by atoms with van der Waals surface area (Å²) in [5.41, 5.74) is 0. The van der Waals surface area contributed by atoms with Gasteiger partial charge < -0.3 is 61.3 Å². The Hall–Kier alpha value is -2.35. The SMILES string of the molecule is CCCC(=O)OCCOCCOCCOCCOCCOCCOCCOCCOCCOCCOCCOCCO[Si](c1ccccc1)(c1ccccc1)C(C)(C)C. The Morgan fingerprint density at radius 2 is 0.661 bits per heavy atom. The Kier molecular flexibility index (Phi) is 32.5. The van der Waals surface area contributed by atoms with E-state index in [0.717, 1.165) is 6.42 Å². The van der Waals surface area contributed by atoms with Gasteiger partial charge in [0.15, 0.2) is 0 Å². The van der Waals surface area contributed by atoms with Crippen molar-refractivity contribution in [1.82, 2.24) is 0 Å². The monoisotopic (exact) mass is 854 g/mol. The molecular formula is C44H74O14Si. The predicted molar refractivity (Wildman–Crippen MR) is 228 cm³/mol. The molecule has 0 unspecified atom stereocenters. The number of rotatable bonds is 41. The molecule has 0 heterocycles. The minimum absolute atomic E-state index is 0.0612. The van der Waals surface area contributed by atoms with Crippen LogP contribution in [0.2, 0.25) is 5.04 Å². The third-order valence-corrected chi connectivity index (χ3v) is 13.7. The van der Waals surface area contributed by atoms with Crippen LogP contribution in [0, 0.1) is 0 Å². The molecule has 0 radical (unpaired) electrons. The number of carbonyl (C=O) groups is 1. The number of esters is 1. The number of hydrogen-bond donors (Lipinski definition) is 0. The van der Waals surface area contributed by atoms with Gasteiger partial charge in [0, 0.05) is 6.42 Å². The summed E-state index contributed by atoms with van der Waals surface area (Å²) in [6.45, 7) is 20.2. The predicted octanol–water partition coefficient (Wildman–Crippen LogP) is 4.09. The summed E-state index contributed by atoms with van der Waals surface area (Å²) in [5.74, 6) is -0.190. The summed E-state index contributed by atoms with van der Waals surface area (Å²) >= 11 is 0. The third-order valence-electron chi connectivity index (χ3n) is 8.63. The highest BCUT2D eigenvalue weighted by Crippen LogP contribution is 2.36. The van der Waals surface area contributed by atoms with Crippen LogP contribution in [0.15, 0.2) is 60.7 Å². The second-order valence-corrected chi connectivity index (χ2v) is 18.5. The minimum Gasteiger partial charge on any atom is -0.463 e. The van der Waals surface area contributed by atoms with E-state index in [1.807, 2.05) is 6.92 Å². The zero-order valence-electron chi connectivity index (χ0n) is 36.4. The molecule has 0 bridgehead atoms. The molecule has 0 spiro atoms. The van der Waals surface area contributed by atoms with E-state index in [0.29, 0.717) is 158 Å². The van der Waals surface area contributed by atoms with E-state index >= 15 is 0 Å². The Balaban J connectivity index is 1.26.